The Hall–Kier alpha value is -2.43. The highest BCUT2D eigenvalue weighted by Crippen LogP contribution is 2.29. The Morgan fingerprint density at radius 1 is 1.30 bits per heavy atom. The highest BCUT2D eigenvalue weighted by atomic mass is 32.2. The van der Waals surface area contributed by atoms with Gasteiger partial charge in [0.05, 0.1) is 5.75 Å². The largest absolute Gasteiger partial charge is 0.453 e. The van der Waals surface area contributed by atoms with Crippen LogP contribution < -0.4 is 16.1 Å². The number of benzene rings is 1. The van der Waals surface area contributed by atoms with E-state index in [9.17, 15) is 18.0 Å². The zero-order valence-corrected chi connectivity index (χ0v) is 15.9. The van der Waals surface area contributed by atoms with Gasteiger partial charge < -0.3 is 16.1 Å². The Morgan fingerprint density at radius 2 is 1.93 bits per heavy atom. The molecule has 0 bridgehead atoms. The monoisotopic (exact) mass is 402 g/mol. The van der Waals surface area contributed by atoms with Crippen molar-refractivity contribution in [2.45, 2.75) is 38.1 Å². The number of nitrogens with one attached hydrogen (secondary N) is 1. The van der Waals surface area contributed by atoms with Gasteiger partial charge in [0, 0.05) is 24.0 Å². The van der Waals surface area contributed by atoms with Crippen LogP contribution in [0.1, 0.15) is 26.6 Å². The highest BCUT2D eigenvalue weighted by molar-refractivity contribution is 7.99. The lowest BCUT2D eigenvalue weighted by Gasteiger charge is -2.27. The molecule has 0 unspecified atom stereocenters. The van der Waals surface area contributed by atoms with E-state index < -0.39 is 12.0 Å². The van der Waals surface area contributed by atoms with Crippen LogP contribution in [-0.4, -0.2) is 39.1 Å². The Balaban J connectivity index is 1.94. The molecule has 1 amide bonds. The molecule has 3 N–H and O–H groups in total. The molecule has 0 radical (unpaired) electrons. The number of hydrogen-bond donors (Lipinski definition) is 2. The molecule has 0 spiro atoms. The number of nitrogens with zero attached hydrogens (tertiary/aromatic N) is 4. The van der Waals surface area contributed by atoms with Gasteiger partial charge in [0.25, 0.3) is 5.82 Å². The van der Waals surface area contributed by atoms with Crippen LogP contribution in [0.25, 0.3) is 0 Å². The second-order valence-corrected chi connectivity index (χ2v) is 6.88. The van der Waals surface area contributed by atoms with E-state index in [1.165, 1.54) is 0 Å². The second-order valence-electron chi connectivity index (χ2n) is 5.94. The van der Waals surface area contributed by atoms with Crippen LogP contribution in [0.4, 0.5) is 24.5 Å². The van der Waals surface area contributed by atoms with Crippen molar-refractivity contribution in [1.29, 1.82) is 0 Å². The molecule has 0 aliphatic heterocycles. The summed E-state index contributed by atoms with van der Waals surface area (Å²) in [7, 11) is 0. The number of nitrogen functional groups attached to an aromatic ring is 1. The average molecular weight is 402 g/mol. The number of nitrogens with two attached hydrogens (primary N) is 1. The average Bonchev–Trinajstić information content (AvgIpc) is 2.96. The number of carbonyl (C=O) groups is 1. The van der Waals surface area contributed by atoms with Gasteiger partial charge in [-0.2, -0.15) is 13.2 Å². The summed E-state index contributed by atoms with van der Waals surface area (Å²) in [5.74, 6) is 3.47. The van der Waals surface area contributed by atoms with Crippen molar-refractivity contribution in [3.8, 4) is 0 Å². The maximum Gasteiger partial charge on any atom is 0.453 e. The van der Waals surface area contributed by atoms with Crippen LogP contribution in [-0.2, 0) is 11.0 Å². The van der Waals surface area contributed by atoms with E-state index in [-0.39, 0.29) is 16.8 Å². The second kappa shape index (κ2) is 8.51. The third kappa shape index (κ3) is 5.28. The topological polar surface area (TPSA) is 89.1 Å². The summed E-state index contributed by atoms with van der Waals surface area (Å²) < 4.78 is 38.2. The maximum atomic E-state index is 12.6. The van der Waals surface area contributed by atoms with Crippen LogP contribution in [0, 0.1) is 0 Å². The number of hydrogen-bond acceptors (Lipinski definition) is 6. The summed E-state index contributed by atoms with van der Waals surface area (Å²) in [6.45, 7) is 7.11. The molecule has 0 aliphatic carbocycles. The van der Waals surface area contributed by atoms with Gasteiger partial charge in [-0.3, -0.25) is 4.79 Å². The molecule has 0 atom stereocenters. The number of thioether (sulfide) groups is 1. The van der Waals surface area contributed by atoms with Crippen molar-refractivity contribution in [2.75, 3.05) is 28.4 Å². The lowest BCUT2D eigenvalue weighted by molar-refractivity contribution is -0.146. The number of alkyl halides is 3. The maximum absolute atomic E-state index is 12.6. The molecule has 27 heavy (non-hydrogen) atoms. The van der Waals surface area contributed by atoms with Gasteiger partial charge in [0.15, 0.2) is 0 Å². The van der Waals surface area contributed by atoms with E-state index >= 15 is 0 Å². The van der Waals surface area contributed by atoms with Gasteiger partial charge >= 0.3 is 6.18 Å². The van der Waals surface area contributed by atoms with Crippen molar-refractivity contribution >= 4 is 29.0 Å². The first-order chi connectivity index (χ1) is 12.6. The minimum absolute atomic E-state index is 0.151. The van der Waals surface area contributed by atoms with E-state index in [0.717, 1.165) is 24.0 Å². The first-order valence-electron chi connectivity index (χ1n) is 8.20. The van der Waals surface area contributed by atoms with Gasteiger partial charge in [-0.15, -0.1) is 10.2 Å². The van der Waals surface area contributed by atoms with E-state index in [1.807, 2.05) is 12.1 Å². The molecule has 1 heterocycles. The normalized spacial score (nSPS) is 11.7. The number of amides is 1. The van der Waals surface area contributed by atoms with Gasteiger partial charge in [-0.05, 0) is 45.0 Å². The van der Waals surface area contributed by atoms with Crippen molar-refractivity contribution in [2.24, 2.45) is 0 Å². The fourth-order valence-electron chi connectivity index (χ4n) is 2.48. The standard InChI is InChI=1S/C16H21F3N6OS/c1-4-24(10(2)3)12-7-5-11(6-8-12)21-13(26)9-27-15-23-22-14(25(15)20)16(17,18)19/h5-8,10H,4,9,20H2,1-3H3,(H,21,26). The van der Waals surface area contributed by atoms with Crippen LogP contribution in [0.15, 0.2) is 29.4 Å². The van der Waals surface area contributed by atoms with Gasteiger partial charge in [-0.25, -0.2) is 4.68 Å². The number of halogens is 3. The first-order valence-corrected chi connectivity index (χ1v) is 9.19. The van der Waals surface area contributed by atoms with Gasteiger partial charge in [0.2, 0.25) is 11.1 Å². The molecule has 1 aromatic carbocycles. The SMILES string of the molecule is CCN(c1ccc(NC(=O)CSc2nnc(C(F)(F)F)n2N)cc1)C(C)C. The molecule has 148 valence electrons. The summed E-state index contributed by atoms with van der Waals surface area (Å²) in [4.78, 5) is 14.2. The number of carbonyl (C=O) groups excluding carboxylic acids is 1. The minimum Gasteiger partial charge on any atom is -0.369 e. The number of aromatic nitrogens is 3. The summed E-state index contributed by atoms with van der Waals surface area (Å²) in [6.07, 6.45) is -4.70. The van der Waals surface area contributed by atoms with Crippen LogP contribution in [0.2, 0.25) is 0 Å². The fourth-order valence-corrected chi connectivity index (χ4v) is 3.13. The molecular weight excluding hydrogens is 381 g/mol. The van der Waals surface area contributed by atoms with Crippen LogP contribution in [0.5, 0.6) is 0 Å². The first kappa shape index (κ1) is 20.9. The van der Waals surface area contributed by atoms with E-state index in [1.54, 1.807) is 12.1 Å². The Labute approximate surface area is 159 Å². The van der Waals surface area contributed by atoms with Crippen molar-refractivity contribution < 1.29 is 18.0 Å². The zero-order chi connectivity index (χ0) is 20.2. The third-order valence-electron chi connectivity index (χ3n) is 3.70. The summed E-state index contributed by atoms with van der Waals surface area (Å²) >= 11 is 0.771. The van der Waals surface area contributed by atoms with Gasteiger partial charge in [-0.1, -0.05) is 11.8 Å². The fraction of sp³-hybridized carbons (Fsp3) is 0.438. The molecule has 2 aromatic rings. The lowest BCUT2D eigenvalue weighted by Crippen LogP contribution is -2.30. The molecule has 0 saturated carbocycles. The third-order valence-corrected chi connectivity index (χ3v) is 4.64. The summed E-state index contributed by atoms with van der Waals surface area (Å²) in [5.41, 5.74) is 1.63. The summed E-state index contributed by atoms with van der Waals surface area (Å²) in [6, 6.07) is 7.70. The van der Waals surface area contributed by atoms with E-state index in [4.69, 9.17) is 5.84 Å². The molecular formula is C16H21F3N6OS. The quantitative estimate of drug-likeness (QED) is 0.547. The van der Waals surface area contributed by atoms with Crippen molar-refractivity contribution in [3.63, 3.8) is 0 Å². The van der Waals surface area contributed by atoms with E-state index in [0.29, 0.717) is 16.4 Å². The zero-order valence-electron chi connectivity index (χ0n) is 15.1. The molecule has 2 rings (SSSR count). The lowest BCUT2D eigenvalue weighted by atomic mass is 10.2. The van der Waals surface area contributed by atoms with Gasteiger partial charge in [0.1, 0.15) is 0 Å². The molecule has 0 fully saturated rings. The number of rotatable bonds is 7. The minimum atomic E-state index is -4.70. The Kier molecular flexibility index (Phi) is 6.58. The molecule has 1 aromatic heterocycles. The highest BCUT2D eigenvalue weighted by Gasteiger charge is 2.38. The van der Waals surface area contributed by atoms with Crippen LogP contribution >= 0.6 is 11.8 Å². The predicted octanol–water partition coefficient (Wildman–Crippen LogP) is 2.98. The molecule has 11 heteroatoms. The van der Waals surface area contributed by atoms with Crippen LogP contribution in [0.3, 0.4) is 0 Å². The predicted molar refractivity (Wildman–Crippen MR) is 99.1 cm³/mol. The molecule has 0 aliphatic rings. The molecule has 7 nitrogen and oxygen atoms in total. The molecule has 0 saturated heterocycles. The summed E-state index contributed by atoms with van der Waals surface area (Å²) in [5, 5.41) is 8.86. The van der Waals surface area contributed by atoms with Crippen molar-refractivity contribution in [1.82, 2.24) is 14.9 Å². The number of anilines is 2. The Bertz CT molecular complexity index is 775. The van der Waals surface area contributed by atoms with E-state index in [2.05, 4.69) is 41.2 Å². The smallest absolute Gasteiger partial charge is 0.369 e. The van der Waals surface area contributed by atoms with Crippen molar-refractivity contribution in [3.05, 3.63) is 30.1 Å². The Morgan fingerprint density at radius 3 is 2.41 bits per heavy atom.